The van der Waals surface area contributed by atoms with Crippen molar-refractivity contribution >= 4 is 22.8 Å². The minimum atomic E-state index is -0.175. The van der Waals surface area contributed by atoms with Gasteiger partial charge in [0.1, 0.15) is 5.82 Å². The molecule has 1 aromatic carbocycles. The summed E-state index contributed by atoms with van der Waals surface area (Å²) < 4.78 is 1.89. The van der Waals surface area contributed by atoms with Gasteiger partial charge in [-0.2, -0.15) is 0 Å². The van der Waals surface area contributed by atoms with Crippen LogP contribution in [0.3, 0.4) is 0 Å². The van der Waals surface area contributed by atoms with Crippen molar-refractivity contribution in [1.29, 1.82) is 0 Å². The number of pyridine rings is 1. The number of nitrogens with one attached hydrogen (secondary N) is 1. The van der Waals surface area contributed by atoms with Crippen LogP contribution in [0.2, 0.25) is 0 Å². The Hall–Kier alpha value is -2.69. The SMILES string of the molecule is Cc1ccnc(NC(=O)c2ccc3ncn(C)c3c2)c1. The van der Waals surface area contributed by atoms with Crippen molar-refractivity contribution < 1.29 is 4.79 Å². The van der Waals surface area contributed by atoms with Crippen molar-refractivity contribution in [3.63, 3.8) is 0 Å². The predicted molar refractivity (Wildman–Crippen MR) is 77.6 cm³/mol. The summed E-state index contributed by atoms with van der Waals surface area (Å²) in [7, 11) is 1.90. The van der Waals surface area contributed by atoms with E-state index in [0.29, 0.717) is 11.4 Å². The van der Waals surface area contributed by atoms with E-state index in [0.717, 1.165) is 16.6 Å². The van der Waals surface area contributed by atoms with Crippen molar-refractivity contribution in [2.75, 3.05) is 5.32 Å². The van der Waals surface area contributed by atoms with Gasteiger partial charge in [0.2, 0.25) is 0 Å². The summed E-state index contributed by atoms with van der Waals surface area (Å²) in [6, 6.07) is 9.15. The molecule has 0 bridgehead atoms. The van der Waals surface area contributed by atoms with E-state index >= 15 is 0 Å². The number of anilines is 1. The number of fused-ring (bicyclic) bond motifs is 1. The van der Waals surface area contributed by atoms with Gasteiger partial charge in [0.15, 0.2) is 0 Å². The smallest absolute Gasteiger partial charge is 0.256 e. The van der Waals surface area contributed by atoms with Gasteiger partial charge in [-0.1, -0.05) is 0 Å². The Bertz CT molecular complexity index is 791. The van der Waals surface area contributed by atoms with E-state index in [4.69, 9.17) is 0 Å². The van der Waals surface area contributed by atoms with Gasteiger partial charge >= 0.3 is 0 Å². The van der Waals surface area contributed by atoms with E-state index in [1.807, 2.05) is 42.8 Å². The molecule has 0 atom stereocenters. The van der Waals surface area contributed by atoms with Crippen molar-refractivity contribution in [2.24, 2.45) is 7.05 Å². The van der Waals surface area contributed by atoms with Crippen molar-refractivity contribution in [3.8, 4) is 0 Å². The number of carbonyl (C=O) groups excluding carboxylic acids is 1. The maximum atomic E-state index is 12.2. The molecule has 1 amide bonds. The highest BCUT2D eigenvalue weighted by Crippen LogP contribution is 2.15. The number of carbonyl (C=O) groups is 1. The Morgan fingerprint density at radius 1 is 1.20 bits per heavy atom. The molecule has 100 valence electrons. The maximum Gasteiger partial charge on any atom is 0.256 e. The first-order chi connectivity index (χ1) is 9.63. The average Bonchev–Trinajstić information content (AvgIpc) is 2.80. The van der Waals surface area contributed by atoms with E-state index in [2.05, 4.69) is 15.3 Å². The molecule has 0 aliphatic carbocycles. The molecule has 5 heteroatoms. The largest absolute Gasteiger partial charge is 0.334 e. The van der Waals surface area contributed by atoms with Crippen LogP contribution in [0, 0.1) is 6.92 Å². The van der Waals surface area contributed by atoms with Crippen LogP contribution in [0.4, 0.5) is 5.82 Å². The number of aryl methyl sites for hydroxylation is 2. The van der Waals surface area contributed by atoms with E-state index < -0.39 is 0 Å². The third-order valence-corrected chi connectivity index (χ3v) is 3.14. The monoisotopic (exact) mass is 266 g/mol. The quantitative estimate of drug-likeness (QED) is 0.775. The van der Waals surface area contributed by atoms with Gasteiger partial charge in [-0.25, -0.2) is 9.97 Å². The van der Waals surface area contributed by atoms with Crippen LogP contribution in [0.5, 0.6) is 0 Å². The summed E-state index contributed by atoms with van der Waals surface area (Å²) in [4.78, 5) is 20.6. The van der Waals surface area contributed by atoms with Crippen LogP contribution in [-0.4, -0.2) is 20.4 Å². The molecule has 2 heterocycles. The lowest BCUT2D eigenvalue weighted by Crippen LogP contribution is -2.13. The number of amides is 1. The minimum Gasteiger partial charge on any atom is -0.334 e. The highest BCUT2D eigenvalue weighted by molar-refractivity contribution is 6.05. The molecular formula is C15H14N4O. The van der Waals surface area contributed by atoms with Crippen LogP contribution < -0.4 is 5.32 Å². The molecule has 0 fully saturated rings. The second kappa shape index (κ2) is 4.77. The fourth-order valence-corrected chi connectivity index (χ4v) is 2.06. The zero-order valence-corrected chi connectivity index (χ0v) is 11.3. The topological polar surface area (TPSA) is 59.8 Å². The van der Waals surface area contributed by atoms with Crippen LogP contribution in [0.15, 0.2) is 42.9 Å². The van der Waals surface area contributed by atoms with Gasteiger partial charge in [-0.15, -0.1) is 0 Å². The third-order valence-electron chi connectivity index (χ3n) is 3.14. The lowest BCUT2D eigenvalue weighted by molar-refractivity contribution is 0.102. The second-order valence-electron chi connectivity index (χ2n) is 4.73. The molecular weight excluding hydrogens is 252 g/mol. The number of nitrogens with zero attached hydrogens (tertiary/aromatic N) is 3. The molecule has 20 heavy (non-hydrogen) atoms. The van der Waals surface area contributed by atoms with Gasteiger partial charge in [-0.05, 0) is 42.8 Å². The van der Waals surface area contributed by atoms with E-state index in [9.17, 15) is 4.79 Å². The number of hydrogen-bond acceptors (Lipinski definition) is 3. The van der Waals surface area contributed by atoms with Crippen LogP contribution in [0.25, 0.3) is 11.0 Å². The fraction of sp³-hybridized carbons (Fsp3) is 0.133. The molecule has 2 aromatic heterocycles. The molecule has 0 saturated carbocycles. The van der Waals surface area contributed by atoms with E-state index in [1.54, 1.807) is 18.6 Å². The van der Waals surface area contributed by atoms with Crippen LogP contribution >= 0.6 is 0 Å². The van der Waals surface area contributed by atoms with Gasteiger partial charge in [-0.3, -0.25) is 4.79 Å². The number of rotatable bonds is 2. The zero-order chi connectivity index (χ0) is 14.1. The van der Waals surface area contributed by atoms with Crippen LogP contribution in [0.1, 0.15) is 15.9 Å². The molecule has 5 nitrogen and oxygen atoms in total. The Balaban J connectivity index is 1.90. The molecule has 0 spiro atoms. The van der Waals surface area contributed by atoms with E-state index in [-0.39, 0.29) is 5.91 Å². The molecule has 0 aliphatic heterocycles. The molecule has 0 unspecified atom stereocenters. The molecule has 0 radical (unpaired) electrons. The summed E-state index contributed by atoms with van der Waals surface area (Å²) in [6.07, 6.45) is 3.41. The predicted octanol–water partition coefficient (Wildman–Crippen LogP) is 2.53. The maximum absolute atomic E-state index is 12.2. The fourth-order valence-electron chi connectivity index (χ4n) is 2.06. The average molecular weight is 266 g/mol. The highest BCUT2D eigenvalue weighted by atomic mass is 16.1. The Morgan fingerprint density at radius 3 is 2.85 bits per heavy atom. The normalized spacial score (nSPS) is 10.7. The van der Waals surface area contributed by atoms with Gasteiger partial charge in [0.05, 0.1) is 17.4 Å². The minimum absolute atomic E-state index is 0.175. The first kappa shape index (κ1) is 12.3. The third kappa shape index (κ3) is 2.25. The first-order valence-electron chi connectivity index (χ1n) is 6.28. The van der Waals surface area contributed by atoms with Crippen molar-refractivity contribution in [1.82, 2.24) is 14.5 Å². The summed E-state index contributed by atoms with van der Waals surface area (Å²) in [5, 5.41) is 2.80. The summed E-state index contributed by atoms with van der Waals surface area (Å²) in [5.74, 6) is 0.381. The van der Waals surface area contributed by atoms with Gasteiger partial charge in [0.25, 0.3) is 5.91 Å². The second-order valence-corrected chi connectivity index (χ2v) is 4.73. The summed E-state index contributed by atoms with van der Waals surface area (Å²) in [6.45, 7) is 1.96. The number of hydrogen-bond donors (Lipinski definition) is 1. The molecule has 3 aromatic rings. The van der Waals surface area contributed by atoms with Gasteiger partial charge < -0.3 is 9.88 Å². The Morgan fingerprint density at radius 2 is 2.05 bits per heavy atom. The lowest BCUT2D eigenvalue weighted by atomic mass is 10.2. The van der Waals surface area contributed by atoms with Crippen molar-refractivity contribution in [2.45, 2.75) is 6.92 Å². The lowest BCUT2D eigenvalue weighted by Gasteiger charge is -2.05. The van der Waals surface area contributed by atoms with Crippen molar-refractivity contribution in [3.05, 3.63) is 54.0 Å². The molecule has 1 N–H and O–H groups in total. The standard InChI is InChI=1S/C15H14N4O/c1-10-5-6-16-14(7-10)18-15(20)11-3-4-12-13(8-11)19(2)9-17-12/h3-9H,1-2H3,(H,16,18,20). The van der Waals surface area contributed by atoms with Crippen LogP contribution in [-0.2, 0) is 7.05 Å². The Labute approximate surface area is 116 Å². The molecule has 0 saturated heterocycles. The number of benzene rings is 1. The summed E-state index contributed by atoms with van der Waals surface area (Å²) >= 11 is 0. The Kier molecular flexibility index (Phi) is 2.95. The molecule has 0 aliphatic rings. The highest BCUT2D eigenvalue weighted by Gasteiger charge is 2.09. The first-order valence-corrected chi connectivity index (χ1v) is 6.28. The number of aromatic nitrogens is 3. The summed E-state index contributed by atoms with van der Waals surface area (Å²) in [5.41, 5.74) is 3.44. The van der Waals surface area contributed by atoms with E-state index in [1.165, 1.54) is 0 Å². The van der Waals surface area contributed by atoms with Gasteiger partial charge in [0, 0.05) is 18.8 Å². The molecule has 3 rings (SSSR count). The number of imidazole rings is 1. The zero-order valence-electron chi connectivity index (χ0n) is 11.3.